The molecule has 0 aromatic heterocycles. The first kappa shape index (κ1) is 10.4. The average molecular weight is 162 g/mol. The molecule has 4 heteroatoms. The highest BCUT2D eigenvalue weighted by Crippen LogP contribution is 2.09. The molecule has 0 saturated heterocycles. The number of hydrogen-bond donors (Lipinski definition) is 1. The molecule has 3 nitrogen and oxygen atoms in total. The molecule has 11 heavy (non-hydrogen) atoms. The van der Waals surface area contributed by atoms with Gasteiger partial charge in [0.2, 0.25) is 5.91 Å². The van der Waals surface area contributed by atoms with Crippen LogP contribution in [0.15, 0.2) is 0 Å². The second kappa shape index (κ2) is 4.28. The summed E-state index contributed by atoms with van der Waals surface area (Å²) in [5.74, 6) is -0.339. The Morgan fingerprint density at radius 2 is 2.09 bits per heavy atom. The zero-order chi connectivity index (χ0) is 9.02. The van der Waals surface area contributed by atoms with Crippen LogP contribution in [0.2, 0.25) is 0 Å². The minimum Gasteiger partial charge on any atom is -0.368 e. The number of likely N-dealkylation sites (N-methyl/N-ethyl adjacent to an activating group) is 1. The van der Waals surface area contributed by atoms with Crippen LogP contribution in [0.25, 0.3) is 0 Å². The standard InChI is InChI=1S/C7H15FN2O/c1-5(2)4-6(7(9)11)10(3)8/h5-6H,4H2,1-3H3,(H2,9,11). The minimum absolute atomic E-state index is 0.269. The van der Waals surface area contributed by atoms with Gasteiger partial charge in [-0.25, -0.2) is 0 Å². The Bertz CT molecular complexity index is 136. The van der Waals surface area contributed by atoms with Crippen LogP contribution >= 0.6 is 0 Å². The first-order valence-corrected chi connectivity index (χ1v) is 3.63. The highest BCUT2D eigenvalue weighted by Gasteiger charge is 2.21. The molecule has 0 aromatic rings. The molecule has 0 saturated carbocycles. The van der Waals surface area contributed by atoms with Crippen molar-refractivity contribution in [1.82, 2.24) is 5.12 Å². The molecule has 0 rings (SSSR count). The number of rotatable bonds is 4. The first-order chi connectivity index (χ1) is 4.95. The summed E-state index contributed by atoms with van der Waals surface area (Å²) in [5, 5.41) is 0.363. The van der Waals surface area contributed by atoms with Gasteiger partial charge >= 0.3 is 0 Å². The molecule has 0 fully saturated rings. The maximum atomic E-state index is 12.5. The zero-order valence-corrected chi connectivity index (χ0v) is 7.17. The molecular weight excluding hydrogens is 147 g/mol. The second-order valence-corrected chi connectivity index (χ2v) is 3.07. The molecule has 0 heterocycles. The number of carbonyl (C=O) groups excluding carboxylic acids is 1. The smallest absolute Gasteiger partial charge is 0.237 e. The summed E-state index contributed by atoms with van der Waals surface area (Å²) in [4.78, 5) is 10.6. The average Bonchev–Trinajstić information content (AvgIpc) is 1.81. The van der Waals surface area contributed by atoms with E-state index in [0.29, 0.717) is 11.5 Å². The molecule has 0 bridgehead atoms. The van der Waals surface area contributed by atoms with Gasteiger partial charge in [0.15, 0.2) is 0 Å². The van der Waals surface area contributed by atoms with Crippen molar-refractivity contribution < 1.29 is 9.28 Å². The van der Waals surface area contributed by atoms with Gasteiger partial charge in [-0.05, 0) is 12.3 Å². The van der Waals surface area contributed by atoms with E-state index in [0.717, 1.165) is 0 Å². The Morgan fingerprint density at radius 3 is 2.18 bits per heavy atom. The Labute approximate surface area is 66.3 Å². The van der Waals surface area contributed by atoms with Crippen molar-refractivity contribution in [3.05, 3.63) is 0 Å². The van der Waals surface area contributed by atoms with E-state index < -0.39 is 11.9 Å². The van der Waals surface area contributed by atoms with E-state index in [-0.39, 0.29) is 5.92 Å². The van der Waals surface area contributed by atoms with E-state index in [1.54, 1.807) is 0 Å². The van der Waals surface area contributed by atoms with Crippen LogP contribution in [0.4, 0.5) is 4.48 Å². The van der Waals surface area contributed by atoms with E-state index in [2.05, 4.69) is 0 Å². The van der Waals surface area contributed by atoms with Crippen LogP contribution < -0.4 is 5.73 Å². The van der Waals surface area contributed by atoms with Gasteiger partial charge in [0, 0.05) is 7.05 Å². The lowest BCUT2D eigenvalue weighted by molar-refractivity contribution is -0.129. The van der Waals surface area contributed by atoms with Crippen LogP contribution in [0.3, 0.4) is 0 Å². The second-order valence-electron chi connectivity index (χ2n) is 3.07. The molecule has 66 valence electrons. The fraction of sp³-hybridized carbons (Fsp3) is 0.857. The highest BCUT2D eigenvalue weighted by molar-refractivity contribution is 5.79. The number of hydrogen-bond acceptors (Lipinski definition) is 2. The summed E-state index contributed by atoms with van der Waals surface area (Å²) in [5.41, 5.74) is 4.97. The number of nitrogens with zero attached hydrogens (tertiary/aromatic N) is 1. The number of halogens is 1. The summed E-state index contributed by atoms with van der Waals surface area (Å²) in [6.07, 6.45) is 0.461. The molecule has 1 unspecified atom stereocenters. The first-order valence-electron chi connectivity index (χ1n) is 3.63. The van der Waals surface area contributed by atoms with E-state index >= 15 is 0 Å². The fourth-order valence-corrected chi connectivity index (χ4v) is 0.883. The molecule has 0 aliphatic rings. The number of carbonyl (C=O) groups is 1. The van der Waals surface area contributed by atoms with Crippen molar-refractivity contribution in [1.29, 1.82) is 0 Å². The van der Waals surface area contributed by atoms with Gasteiger partial charge < -0.3 is 5.73 Å². The molecule has 1 amide bonds. The molecule has 1 atom stereocenters. The topological polar surface area (TPSA) is 46.3 Å². The van der Waals surface area contributed by atoms with Crippen molar-refractivity contribution in [2.24, 2.45) is 11.7 Å². The summed E-state index contributed by atoms with van der Waals surface area (Å²) >= 11 is 0. The summed E-state index contributed by atoms with van der Waals surface area (Å²) < 4.78 is 12.5. The van der Waals surface area contributed by atoms with Gasteiger partial charge in [0.05, 0.1) is 0 Å². The minimum atomic E-state index is -0.782. The van der Waals surface area contributed by atoms with Crippen molar-refractivity contribution in [3.63, 3.8) is 0 Å². The zero-order valence-electron chi connectivity index (χ0n) is 7.17. The van der Waals surface area contributed by atoms with Crippen molar-refractivity contribution >= 4 is 5.91 Å². The SMILES string of the molecule is CC(C)CC(C(N)=O)N(C)F. The molecule has 0 aromatic carbocycles. The predicted molar refractivity (Wildman–Crippen MR) is 41.3 cm³/mol. The Hall–Kier alpha value is -0.640. The van der Waals surface area contributed by atoms with Crippen LogP contribution in [0, 0.1) is 5.92 Å². The number of nitrogens with two attached hydrogens (primary N) is 1. The molecule has 2 N–H and O–H groups in total. The third-order valence-electron chi connectivity index (χ3n) is 1.45. The maximum absolute atomic E-state index is 12.5. The van der Waals surface area contributed by atoms with Gasteiger partial charge in [-0.1, -0.05) is 13.8 Å². The Balaban J connectivity index is 4.01. The fourth-order valence-electron chi connectivity index (χ4n) is 0.883. The van der Waals surface area contributed by atoms with Gasteiger partial charge in [0.1, 0.15) is 6.04 Å². The van der Waals surface area contributed by atoms with Crippen molar-refractivity contribution in [2.45, 2.75) is 26.3 Å². The van der Waals surface area contributed by atoms with E-state index in [1.165, 1.54) is 7.05 Å². The van der Waals surface area contributed by atoms with Crippen LogP contribution in [0.1, 0.15) is 20.3 Å². The molecule has 0 spiro atoms. The lowest BCUT2D eigenvalue weighted by Crippen LogP contribution is -2.39. The lowest BCUT2D eigenvalue weighted by atomic mass is 10.0. The number of amides is 1. The third-order valence-corrected chi connectivity index (χ3v) is 1.45. The Morgan fingerprint density at radius 1 is 1.64 bits per heavy atom. The highest BCUT2D eigenvalue weighted by atomic mass is 19.2. The lowest BCUT2D eigenvalue weighted by Gasteiger charge is -2.18. The van der Waals surface area contributed by atoms with E-state index in [9.17, 15) is 9.28 Å². The van der Waals surface area contributed by atoms with Gasteiger partial charge in [0.25, 0.3) is 0 Å². The van der Waals surface area contributed by atoms with E-state index in [4.69, 9.17) is 5.73 Å². The van der Waals surface area contributed by atoms with Crippen LogP contribution in [-0.2, 0) is 4.79 Å². The van der Waals surface area contributed by atoms with Crippen molar-refractivity contribution in [2.75, 3.05) is 7.05 Å². The molecule has 0 aliphatic heterocycles. The number of primary amides is 1. The van der Waals surface area contributed by atoms with Crippen molar-refractivity contribution in [3.8, 4) is 0 Å². The van der Waals surface area contributed by atoms with Gasteiger partial charge in [-0.15, -0.1) is 9.60 Å². The molecule has 0 aliphatic carbocycles. The maximum Gasteiger partial charge on any atom is 0.237 e. The quantitative estimate of drug-likeness (QED) is 0.618. The summed E-state index contributed by atoms with van der Waals surface area (Å²) in [7, 11) is 1.21. The van der Waals surface area contributed by atoms with Crippen LogP contribution in [-0.4, -0.2) is 24.1 Å². The summed E-state index contributed by atoms with van der Waals surface area (Å²) in [6.45, 7) is 3.83. The Kier molecular flexibility index (Phi) is 4.03. The molecular formula is C7H15FN2O. The monoisotopic (exact) mass is 162 g/mol. The predicted octanol–water partition coefficient (Wildman–Crippen LogP) is 0.703. The largest absolute Gasteiger partial charge is 0.368 e. The van der Waals surface area contributed by atoms with Gasteiger partial charge in [-0.3, -0.25) is 4.79 Å². The van der Waals surface area contributed by atoms with Crippen LogP contribution in [0.5, 0.6) is 0 Å². The third kappa shape index (κ3) is 3.93. The van der Waals surface area contributed by atoms with E-state index in [1.807, 2.05) is 13.8 Å². The van der Waals surface area contributed by atoms with Gasteiger partial charge in [-0.2, -0.15) is 0 Å². The molecule has 0 radical (unpaired) electrons. The summed E-state index contributed by atoms with van der Waals surface area (Å²) in [6, 6.07) is -0.782. The normalized spacial score (nSPS) is 14.0.